The molecule has 21 heavy (non-hydrogen) atoms. The van der Waals surface area contributed by atoms with Crippen molar-refractivity contribution in [1.82, 2.24) is 10.0 Å². The van der Waals surface area contributed by atoms with Crippen LogP contribution < -0.4 is 10.0 Å². The summed E-state index contributed by atoms with van der Waals surface area (Å²) in [5.41, 5.74) is 0. The fourth-order valence-corrected chi connectivity index (χ4v) is 4.10. The molecule has 2 aliphatic rings. The highest BCUT2D eigenvalue weighted by atomic mass is 32.2. The molecule has 2 N–H and O–H groups in total. The molecule has 118 valence electrons. The van der Waals surface area contributed by atoms with E-state index < -0.39 is 10.0 Å². The molecule has 1 unspecified atom stereocenters. The molecule has 0 saturated heterocycles. The Morgan fingerprint density at radius 3 is 2.67 bits per heavy atom. The molecule has 1 heterocycles. The second-order valence-electron chi connectivity index (χ2n) is 6.49. The van der Waals surface area contributed by atoms with Gasteiger partial charge in [-0.2, -0.15) is 0 Å². The molecule has 0 spiro atoms. The second-order valence-corrected chi connectivity index (χ2v) is 8.17. The van der Waals surface area contributed by atoms with Crippen LogP contribution in [0.15, 0.2) is 15.4 Å². The molecule has 2 saturated carbocycles. The quantitative estimate of drug-likeness (QED) is 0.773. The average molecular weight is 312 g/mol. The van der Waals surface area contributed by atoms with E-state index in [1.165, 1.54) is 25.7 Å². The van der Waals surface area contributed by atoms with Crippen LogP contribution in [0.25, 0.3) is 0 Å². The second kappa shape index (κ2) is 5.74. The SMILES string of the molecule is Cc1oc(CNC2CC2)cc1S(=O)(=O)NC(C)CC1CC1. The number of nitrogens with one attached hydrogen (secondary N) is 2. The van der Waals surface area contributed by atoms with Crippen LogP contribution in [-0.4, -0.2) is 20.5 Å². The van der Waals surface area contributed by atoms with E-state index in [1.54, 1.807) is 13.0 Å². The summed E-state index contributed by atoms with van der Waals surface area (Å²) in [7, 11) is -3.48. The van der Waals surface area contributed by atoms with Crippen molar-refractivity contribution >= 4 is 10.0 Å². The van der Waals surface area contributed by atoms with Crippen LogP contribution in [0.5, 0.6) is 0 Å². The summed E-state index contributed by atoms with van der Waals surface area (Å²) in [6, 6.07) is 2.20. The number of sulfonamides is 1. The van der Waals surface area contributed by atoms with Crippen molar-refractivity contribution in [3.63, 3.8) is 0 Å². The van der Waals surface area contributed by atoms with Gasteiger partial charge in [0.15, 0.2) is 0 Å². The molecule has 5 nitrogen and oxygen atoms in total. The molecule has 1 aromatic heterocycles. The van der Waals surface area contributed by atoms with Crippen LogP contribution in [0.3, 0.4) is 0 Å². The van der Waals surface area contributed by atoms with Crippen molar-refractivity contribution in [1.29, 1.82) is 0 Å². The van der Waals surface area contributed by atoms with Gasteiger partial charge in [-0.1, -0.05) is 12.8 Å². The third-order valence-electron chi connectivity index (χ3n) is 4.10. The fourth-order valence-electron chi connectivity index (χ4n) is 2.64. The molecule has 1 atom stereocenters. The molecule has 2 fully saturated rings. The van der Waals surface area contributed by atoms with Gasteiger partial charge in [0.2, 0.25) is 10.0 Å². The van der Waals surface area contributed by atoms with E-state index >= 15 is 0 Å². The van der Waals surface area contributed by atoms with Crippen LogP contribution >= 0.6 is 0 Å². The molecular weight excluding hydrogens is 288 g/mol. The Morgan fingerprint density at radius 1 is 1.33 bits per heavy atom. The fraction of sp³-hybridized carbons (Fsp3) is 0.733. The molecule has 0 aliphatic heterocycles. The molecule has 0 amide bonds. The number of hydrogen-bond donors (Lipinski definition) is 2. The van der Waals surface area contributed by atoms with Gasteiger partial charge in [0.25, 0.3) is 0 Å². The van der Waals surface area contributed by atoms with Crippen LogP contribution in [0.2, 0.25) is 0 Å². The lowest BCUT2D eigenvalue weighted by Crippen LogP contribution is -2.33. The first-order chi connectivity index (χ1) is 9.94. The normalized spacial score (nSPS) is 20.7. The molecule has 2 aliphatic carbocycles. The van der Waals surface area contributed by atoms with Crippen LogP contribution in [0.4, 0.5) is 0 Å². The standard InChI is InChI=1S/C15H24N2O3S/c1-10(7-12-3-4-12)17-21(18,19)15-8-14(20-11(15)2)9-16-13-5-6-13/h8,10,12-13,16-17H,3-7,9H2,1-2H3. The first kappa shape index (κ1) is 15.1. The maximum atomic E-state index is 12.4. The number of furan rings is 1. The summed E-state index contributed by atoms with van der Waals surface area (Å²) in [6.07, 6.45) is 5.78. The van der Waals surface area contributed by atoms with Gasteiger partial charge in [0.05, 0.1) is 6.54 Å². The Bertz CT molecular complexity index is 600. The summed E-state index contributed by atoms with van der Waals surface area (Å²) in [6.45, 7) is 4.24. The smallest absolute Gasteiger partial charge is 0.244 e. The average Bonchev–Trinajstić information content (AvgIpc) is 3.28. The summed E-state index contributed by atoms with van der Waals surface area (Å²) in [5.74, 6) is 1.86. The number of hydrogen-bond acceptors (Lipinski definition) is 4. The van der Waals surface area contributed by atoms with Gasteiger partial charge in [0.1, 0.15) is 16.4 Å². The van der Waals surface area contributed by atoms with Gasteiger partial charge < -0.3 is 9.73 Å². The number of rotatable bonds is 8. The zero-order valence-corrected chi connectivity index (χ0v) is 13.5. The lowest BCUT2D eigenvalue weighted by atomic mass is 10.2. The van der Waals surface area contributed by atoms with E-state index in [4.69, 9.17) is 4.42 Å². The zero-order chi connectivity index (χ0) is 15.0. The van der Waals surface area contributed by atoms with Crippen molar-refractivity contribution in [2.75, 3.05) is 0 Å². The minimum Gasteiger partial charge on any atom is -0.464 e. The van der Waals surface area contributed by atoms with Crippen LogP contribution in [0.1, 0.15) is 50.5 Å². The predicted octanol–water partition coefficient (Wildman–Crippen LogP) is 2.31. The molecule has 0 bridgehead atoms. The van der Waals surface area contributed by atoms with Gasteiger partial charge >= 0.3 is 0 Å². The minimum absolute atomic E-state index is 0.0233. The third-order valence-corrected chi connectivity index (χ3v) is 5.79. The molecule has 0 radical (unpaired) electrons. The van der Waals surface area contributed by atoms with Crippen molar-refractivity contribution < 1.29 is 12.8 Å². The molecular formula is C15H24N2O3S. The van der Waals surface area contributed by atoms with Crippen molar-refractivity contribution in [3.05, 3.63) is 17.6 Å². The first-order valence-electron chi connectivity index (χ1n) is 7.79. The van der Waals surface area contributed by atoms with Gasteiger partial charge in [-0.25, -0.2) is 13.1 Å². The lowest BCUT2D eigenvalue weighted by molar-refractivity contribution is 0.455. The molecule has 3 rings (SSSR count). The Hall–Kier alpha value is -0.850. The summed E-state index contributed by atoms with van der Waals surface area (Å²) < 4.78 is 33.2. The van der Waals surface area contributed by atoms with E-state index in [0.29, 0.717) is 30.0 Å². The van der Waals surface area contributed by atoms with Crippen LogP contribution in [0, 0.1) is 12.8 Å². The Labute approximate surface area is 126 Å². The topological polar surface area (TPSA) is 71.3 Å². The maximum absolute atomic E-state index is 12.4. The lowest BCUT2D eigenvalue weighted by Gasteiger charge is -2.13. The zero-order valence-electron chi connectivity index (χ0n) is 12.7. The van der Waals surface area contributed by atoms with E-state index in [2.05, 4.69) is 10.0 Å². The molecule has 1 aromatic rings. The Balaban J connectivity index is 1.64. The first-order valence-corrected chi connectivity index (χ1v) is 9.27. The van der Waals surface area contributed by atoms with Gasteiger partial charge in [-0.3, -0.25) is 0 Å². The summed E-state index contributed by atoms with van der Waals surface area (Å²) >= 11 is 0. The largest absolute Gasteiger partial charge is 0.464 e. The van der Waals surface area contributed by atoms with Crippen LogP contribution in [-0.2, 0) is 16.6 Å². The minimum atomic E-state index is -3.48. The van der Waals surface area contributed by atoms with E-state index in [9.17, 15) is 8.42 Å². The van der Waals surface area contributed by atoms with Crippen molar-refractivity contribution in [2.45, 2.75) is 69.5 Å². The van der Waals surface area contributed by atoms with Gasteiger partial charge in [0, 0.05) is 18.2 Å². The summed E-state index contributed by atoms with van der Waals surface area (Å²) in [5, 5.41) is 3.33. The molecule has 6 heteroatoms. The highest BCUT2D eigenvalue weighted by Gasteiger charge is 2.28. The summed E-state index contributed by atoms with van der Waals surface area (Å²) in [4.78, 5) is 0.276. The van der Waals surface area contributed by atoms with Crippen molar-refractivity contribution in [3.8, 4) is 0 Å². The highest BCUT2D eigenvalue weighted by Crippen LogP contribution is 2.33. The highest BCUT2D eigenvalue weighted by molar-refractivity contribution is 7.89. The number of aryl methyl sites for hydroxylation is 1. The Morgan fingerprint density at radius 2 is 2.05 bits per heavy atom. The van der Waals surface area contributed by atoms with Gasteiger partial charge in [-0.05, 0) is 39.0 Å². The third kappa shape index (κ3) is 4.08. The molecule has 0 aromatic carbocycles. The predicted molar refractivity (Wildman–Crippen MR) is 80.4 cm³/mol. The van der Waals surface area contributed by atoms with E-state index in [1.807, 2.05) is 6.92 Å². The van der Waals surface area contributed by atoms with Crippen molar-refractivity contribution in [2.24, 2.45) is 5.92 Å². The van der Waals surface area contributed by atoms with E-state index in [-0.39, 0.29) is 10.9 Å². The Kier molecular flexibility index (Phi) is 4.12. The monoisotopic (exact) mass is 312 g/mol. The van der Waals surface area contributed by atoms with Gasteiger partial charge in [-0.15, -0.1) is 0 Å². The maximum Gasteiger partial charge on any atom is 0.244 e. The van der Waals surface area contributed by atoms with E-state index in [0.717, 1.165) is 6.42 Å².